The first-order valence-corrected chi connectivity index (χ1v) is 7.48. The zero-order chi connectivity index (χ0) is 14.5. The van der Waals surface area contributed by atoms with Crippen molar-refractivity contribution in [2.24, 2.45) is 0 Å². The van der Waals surface area contributed by atoms with Gasteiger partial charge in [-0.15, -0.1) is 0 Å². The molecule has 1 aliphatic rings. The van der Waals surface area contributed by atoms with Crippen LogP contribution in [-0.2, 0) is 12.0 Å². The fourth-order valence-corrected chi connectivity index (χ4v) is 3.06. The van der Waals surface area contributed by atoms with E-state index in [-0.39, 0.29) is 5.41 Å². The van der Waals surface area contributed by atoms with Gasteiger partial charge in [0.25, 0.3) is 0 Å². The van der Waals surface area contributed by atoms with E-state index in [1.165, 1.54) is 0 Å². The Labute approximate surface area is 125 Å². The molecule has 0 unspecified atom stereocenters. The molecule has 21 heavy (non-hydrogen) atoms. The number of hydrogen-bond acceptors (Lipinski definition) is 3. The van der Waals surface area contributed by atoms with Crippen molar-refractivity contribution in [2.75, 3.05) is 6.54 Å². The Morgan fingerprint density at radius 1 is 1.33 bits per heavy atom. The highest BCUT2D eigenvalue weighted by Gasteiger charge is 2.45. The summed E-state index contributed by atoms with van der Waals surface area (Å²) in [5.74, 6) is 0. The summed E-state index contributed by atoms with van der Waals surface area (Å²) in [6.07, 6.45) is 8.55. The summed E-state index contributed by atoms with van der Waals surface area (Å²) in [5, 5.41) is 13.1. The molecular weight excluding hydrogens is 260 g/mol. The van der Waals surface area contributed by atoms with E-state index < -0.39 is 0 Å². The van der Waals surface area contributed by atoms with E-state index in [4.69, 9.17) is 0 Å². The van der Waals surface area contributed by atoms with Crippen LogP contribution in [0.25, 0.3) is 0 Å². The molecule has 1 aromatic carbocycles. The Bertz CT molecular complexity index is 591. The summed E-state index contributed by atoms with van der Waals surface area (Å²) in [6.45, 7) is 1.97. The van der Waals surface area contributed by atoms with E-state index in [0.29, 0.717) is 6.04 Å². The molecule has 1 heterocycles. The van der Waals surface area contributed by atoms with Gasteiger partial charge in [-0.3, -0.25) is 0 Å². The van der Waals surface area contributed by atoms with Gasteiger partial charge in [0.05, 0.1) is 17.8 Å². The van der Waals surface area contributed by atoms with Crippen molar-refractivity contribution in [3.05, 3.63) is 54.6 Å². The zero-order valence-electron chi connectivity index (χ0n) is 12.1. The van der Waals surface area contributed by atoms with Crippen LogP contribution in [0.3, 0.4) is 0 Å². The third-order valence-electron chi connectivity index (χ3n) is 4.32. The van der Waals surface area contributed by atoms with Gasteiger partial charge in [0.1, 0.15) is 0 Å². The van der Waals surface area contributed by atoms with E-state index in [1.54, 1.807) is 6.20 Å². The summed E-state index contributed by atoms with van der Waals surface area (Å²) in [6, 6.07) is 13.2. The fourth-order valence-electron chi connectivity index (χ4n) is 3.06. The molecule has 0 atom stereocenters. The number of nitriles is 1. The first-order valence-electron chi connectivity index (χ1n) is 7.48. The lowest BCUT2D eigenvalue weighted by Crippen LogP contribution is -2.51. The van der Waals surface area contributed by atoms with Crippen LogP contribution < -0.4 is 5.32 Å². The lowest BCUT2D eigenvalue weighted by atomic mass is 9.62. The molecule has 1 saturated carbocycles. The zero-order valence-corrected chi connectivity index (χ0v) is 12.1. The Balaban J connectivity index is 1.43. The van der Waals surface area contributed by atoms with E-state index in [1.807, 2.05) is 30.7 Å². The van der Waals surface area contributed by atoms with E-state index >= 15 is 0 Å². The van der Waals surface area contributed by atoms with Gasteiger partial charge in [-0.2, -0.15) is 5.26 Å². The fraction of sp³-hybridized carbons (Fsp3) is 0.412. The minimum atomic E-state index is -0.275. The van der Waals surface area contributed by atoms with Gasteiger partial charge in [-0.25, -0.2) is 4.98 Å². The molecule has 1 aromatic heterocycles. The SMILES string of the molecule is N#CC1(c2ccccc2)CC(NCCCn2ccnc2)C1. The molecule has 1 fully saturated rings. The molecule has 4 nitrogen and oxygen atoms in total. The van der Waals surface area contributed by atoms with Crippen molar-refractivity contribution >= 4 is 0 Å². The number of aryl methyl sites for hydroxylation is 1. The molecule has 4 heteroatoms. The van der Waals surface area contributed by atoms with E-state index in [9.17, 15) is 5.26 Å². The summed E-state index contributed by atoms with van der Waals surface area (Å²) in [5.41, 5.74) is 0.882. The van der Waals surface area contributed by atoms with Crippen molar-refractivity contribution in [1.82, 2.24) is 14.9 Å². The molecule has 0 radical (unpaired) electrons. The van der Waals surface area contributed by atoms with Crippen LogP contribution in [0.5, 0.6) is 0 Å². The van der Waals surface area contributed by atoms with Crippen LogP contribution in [0.2, 0.25) is 0 Å². The van der Waals surface area contributed by atoms with Gasteiger partial charge in [-0.1, -0.05) is 30.3 Å². The normalized spacial score (nSPS) is 24.2. The van der Waals surface area contributed by atoms with Crippen molar-refractivity contribution < 1.29 is 0 Å². The Hall–Kier alpha value is -2.12. The second-order valence-electron chi connectivity index (χ2n) is 5.77. The molecular formula is C17H20N4. The molecule has 108 valence electrons. The average Bonchev–Trinajstić information content (AvgIpc) is 3.00. The van der Waals surface area contributed by atoms with Crippen molar-refractivity contribution in [1.29, 1.82) is 5.26 Å². The van der Waals surface area contributed by atoms with Gasteiger partial charge in [0, 0.05) is 25.0 Å². The minimum absolute atomic E-state index is 0.275. The van der Waals surface area contributed by atoms with Crippen LogP contribution >= 0.6 is 0 Å². The van der Waals surface area contributed by atoms with Crippen LogP contribution in [0, 0.1) is 11.3 Å². The highest BCUT2D eigenvalue weighted by Crippen LogP contribution is 2.43. The maximum absolute atomic E-state index is 9.52. The number of nitrogens with zero attached hydrogens (tertiary/aromatic N) is 3. The number of rotatable bonds is 6. The number of aromatic nitrogens is 2. The van der Waals surface area contributed by atoms with Crippen molar-refractivity contribution in [2.45, 2.75) is 37.3 Å². The predicted molar refractivity (Wildman–Crippen MR) is 81.6 cm³/mol. The van der Waals surface area contributed by atoms with Gasteiger partial charge < -0.3 is 9.88 Å². The van der Waals surface area contributed by atoms with E-state index in [2.05, 4.69) is 33.1 Å². The molecule has 0 amide bonds. The van der Waals surface area contributed by atoms with Crippen molar-refractivity contribution in [3.63, 3.8) is 0 Å². The first kappa shape index (κ1) is 13.8. The van der Waals surface area contributed by atoms with E-state index in [0.717, 1.165) is 37.9 Å². The molecule has 0 spiro atoms. The largest absolute Gasteiger partial charge is 0.337 e. The summed E-state index contributed by atoms with van der Waals surface area (Å²) < 4.78 is 2.09. The number of nitrogens with one attached hydrogen (secondary N) is 1. The molecule has 1 aliphatic carbocycles. The van der Waals surface area contributed by atoms with Gasteiger partial charge in [0.2, 0.25) is 0 Å². The quantitative estimate of drug-likeness (QED) is 0.827. The lowest BCUT2D eigenvalue weighted by Gasteiger charge is -2.43. The summed E-state index contributed by atoms with van der Waals surface area (Å²) >= 11 is 0. The second kappa shape index (κ2) is 6.11. The maximum atomic E-state index is 9.52. The molecule has 1 N–H and O–H groups in total. The average molecular weight is 280 g/mol. The smallest absolute Gasteiger partial charge is 0.0945 e. The van der Waals surface area contributed by atoms with Crippen molar-refractivity contribution in [3.8, 4) is 6.07 Å². The lowest BCUT2D eigenvalue weighted by molar-refractivity contribution is 0.226. The van der Waals surface area contributed by atoms with Crippen LogP contribution in [0.15, 0.2) is 49.1 Å². The topological polar surface area (TPSA) is 53.6 Å². The third kappa shape index (κ3) is 2.98. The summed E-state index contributed by atoms with van der Waals surface area (Å²) in [4.78, 5) is 4.03. The summed E-state index contributed by atoms with van der Waals surface area (Å²) in [7, 11) is 0. The Morgan fingerprint density at radius 3 is 2.81 bits per heavy atom. The number of benzene rings is 1. The first-order chi connectivity index (χ1) is 10.3. The highest BCUT2D eigenvalue weighted by molar-refractivity contribution is 5.36. The second-order valence-corrected chi connectivity index (χ2v) is 5.77. The standard InChI is InChI=1S/C17H20N4/c18-13-17(15-5-2-1-3-6-15)11-16(12-17)20-7-4-9-21-10-8-19-14-21/h1-3,5-6,8,10,14,16,20H,4,7,9,11-12H2. The maximum Gasteiger partial charge on any atom is 0.0945 e. The molecule has 0 saturated heterocycles. The third-order valence-corrected chi connectivity index (χ3v) is 4.32. The molecule has 0 bridgehead atoms. The van der Waals surface area contributed by atoms with Crippen LogP contribution in [0.1, 0.15) is 24.8 Å². The molecule has 2 aromatic rings. The number of hydrogen-bond donors (Lipinski definition) is 1. The number of imidazole rings is 1. The highest BCUT2D eigenvalue weighted by atomic mass is 15.0. The monoisotopic (exact) mass is 280 g/mol. The Morgan fingerprint density at radius 2 is 2.14 bits per heavy atom. The predicted octanol–water partition coefficient (Wildman–Crippen LogP) is 2.49. The minimum Gasteiger partial charge on any atom is -0.337 e. The van der Waals surface area contributed by atoms with Crippen LogP contribution in [0.4, 0.5) is 0 Å². The van der Waals surface area contributed by atoms with Gasteiger partial charge in [0.15, 0.2) is 0 Å². The molecule has 3 rings (SSSR count). The van der Waals surface area contributed by atoms with Gasteiger partial charge >= 0.3 is 0 Å². The van der Waals surface area contributed by atoms with Gasteiger partial charge in [-0.05, 0) is 31.4 Å². The van der Waals surface area contributed by atoms with Crippen LogP contribution in [-0.4, -0.2) is 22.1 Å². The Kier molecular flexibility index (Phi) is 4.03. The molecule has 0 aliphatic heterocycles.